The monoisotopic (exact) mass is 402 g/mol. The lowest BCUT2D eigenvalue weighted by Gasteiger charge is -2.16. The summed E-state index contributed by atoms with van der Waals surface area (Å²) < 4.78 is 10.4. The molecule has 7 heteroatoms. The van der Waals surface area contributed by atoms with E-state index in [1.54, 1.807) is 24.3 Å². The van der Waals surface area contributed by atoms with Gasteiger partial charge in [-0.1, -0.05) is 19.4 Å². The average Bonchev–Trinajstić information content (AvgIpc) is 3.20. The molecule has 0 unspecified atom stereocenters. The van der Waals surface area contributed by atoms with Gasteiger partial charge in [0.1, 0.15) is 5.70 Å². The molecule has 6 nitrogen and oxygen atoms in total. The van der Waals surface area contributed by atoms with Crippen molar-refractivity contribution in [2.75, 3.05) is 14.2 Å². The molecule has 0 saturated heterocycles. The molecule has 150 valence electrons. The van der Waals surface area contributed by atoms with Crippen LogP contribution >= 0.6 is 11.3 Å². The number of hydrogen-bond acceptors (Lipinski definition) is 5. The first-order chi connectivity index (χ1) is 13.5. The highest BCUT2D eigenvalue weighted by Gasteiger charge is 2.18. The van der Waals surface area contributed by atoms with Crippen molar-refractivity contribution in [3.63, 3.8) is 0 Å². The van der Waals surface area contributed by atoms with Gasteiger partial charge < -0.3 is 20.1 Å². The molecular formula is C21H26N2O4S. The molecule has 1 aromatic heterocycles. The molecule has 1 atom stereocenters. The van der Waals surface area contributed by atoms with E-state index in [1.807, 2.05) is 24.4 Å². The van der Waals surface area contributed by atoms with Crippen LogP contribution in [0.15, 0.2) is 41.4 Å². The van der Waals surface area contributed by atoms with Crippen LogP contribution in [0.5, 0.6) is 11.5 Å². The zero-order chi connectivity index (χ0) is 20.5. The standard InChI is InChI=1S/C21H26N2O4S/c1-5-7-14(2)22-21(25)17(13-16-8-6-11-28-16)23-20(24)15-9-10-18(26-3)19(12-15)27-4/h6,8-14H,5,7H2,1-4H3,(H,22,25)(H,23,24)/b17-13-/t14-/m0/s1. The highest BCUT2D eigenvalue weighted by atomic mass is 32.1. The number of thiophene rings is 1. The second kappa shape index (κ2) is 10.5. The van der Waals surface area contributed by atoms with Gasteiger partial charge in [0, 0.05) is 16.5 Å². The van der Waals surface area contributed by atoms with E-state index in [4.69, 9.17) is 9.47 Å². The topological polar surface area (TPSA) is 76.7 Å². The molecule has 0 aliphatic rings. The molecule has 1 heterocycles. The molecule has 0 saturated carbocycles. The number of carbonyl (C=O) groups excluding carboxylic acids is 2. The molecule has 0 bridgehead atoms. The lowest BCUT2D eigenvalue weighted by molar-refractivity contribution is -0.118. The maximum Gasteiger partial charge on any atom is 0.268 e. The molecule has 2 N–H and O–H groups in total. The Balaban J connectivity index is 2.24. The number of benzene rings is 1. The number of hydrogen-bond donors (Lipinski definition) is 2. The number of ether oxygens (including phenoxy) is 2. The van der Waals surface area contributed by atoms with Gasteiger partial charge in [-0.25, -0.2) is 0 Å². The van der Waals surface area contributed by atoms with Crippen molar-refractivity contribution in [2.24, 2.45) is 0 Å². The Morgan fingerprint density at radius 3 is 2.54 bits per heavy atom. The third-order valence-electron chi connectivity index (χ3n) is 4.07. The minimum atomic E-state index is -0.401. The molecule has 0 radical (unpaired) electrons. The normalized spacial score (nSPS) is 12.2. The SMILES string of the molecule is CCC[C@H](C)NC(=O)/C(=C/c1cccs1)NC(=O)c1ccc(OC)c(OC)c1. The largest absolute Gasteiger partial charge is 0.493 e. The first kappa shape index (κ1) is 21.5. The first-order valence-corrected chi connectivity index (χ1v) is 9.95. The summed E-state index contributed by atoms with van der Waals surface area (Å²) in [6.07, 6.45) is 3.50. The summed E-state index contributed by atoms with van der Waals surface area (Å²) >= 11 is 1.49. The predicted molar refractivity (Wildman–Crippen MR) is 112 cm³/mol. The van der Waals surface area contributed by atoms with E-state index in [9.17, 15) is 9.59 Å². The summed E-state index contributed by atoms with van der Waals surface area (Å²) in [5.41, 5.74) is 0.564. The average molecular weight is 403 g/mol. The van der Waals surface area contributed by atoms with E-state index in [1.165, 1.54) is 25.6 Å². The predicted octanol–water partition coefficient (Wildman–Crippen LogP) is 3.84. The van der Waals surface area contributed by atoms with Crippen LogP contribution in [0.2, 0.25) is 0 Å². The summed E-state index contributed by atoms with van der Waals surface area (Å²) in [4.78, 5) is 26.3. The second-order valence-electron chi connectivity index (χ2n) is 6.26. The number of rotatable bonds is 9. The van der Waals surface area contributed by atoms with Gasteiger partial charge in [-0.2, -0.15) is 0 Å². The maximum atomic E-state index is 12.7. The van der Waals surface area contributed by atoms with Gasteiger partial charge in [0.05, 0.1) is 14.2 Å². The Bertz CT molecular complexity index is 831. The summed E-state index contributed by atoms with van der Waals surface area (Å²) in [5, 5.41) is 7.57. The van der Waals surface area contributed by atoms with Crippen LogP contribution in [-0.2, 0) is 4.79 Å². The van der Waals surface area contributed by atoms with Gasteiger partial charge in [0.2, 0.25) is 0 Å². The molecule has 1 aromatic carbocycles. The molecule has 2 rings (SSSR count). The van der Waals surface area contributed by atoms with Crippen molar-refractivity contribution in [3.05, 3.63) is 51.8 Å². The fourth-order valence-corrected chi connectivity index (χ4v) is 3.31. The fourth-order valence-electron chi connectivity index (χ4n) is 2.65. The molecule has 0 fully saturated rings. The Labute approximate surface area is 169 Å². The van der Waals surface area contributed by atoms with E-state index in [0.29, 0.717) is 17.1 Å². The van der Waals surface area contributed by atoms with Crippen LogP contribution in [-0.4, -0.2) is 32.1 Å². The Hall–Kier alpha value is -2.80. The minimum absolute atomic E-state index is 0.0159. The molecular weight excluding hydrogens is 376 g/mol. The van der Waals surface area contributed by atoms with Crippen molar-refractivity contribution in [1.29, 1.82) is 0 Å². The Morgan fingerprint density at radius 1 is 1.18 bits per heavy atom. The third kappa shape index (κ3) is 5.85. The van der Waals surface area contributed by atoms with Crippen molar-refractivity contribution < 1.29 is 19.1 Å². The van der Waals surface area contributed by atoms with Gasteiger partial charge in [-0.15, -0.1) is 11.3 Å². The molecule has 0 aliphatic carbocycles. The summed E-state index contributed by atoms with van der Waals surface area (Å²) in [7, 11) is 3.03. The van der Waals surface area contributed by atoms with Crippen molar-refractivity contribution in [3.8, 4) is 11.5 Å². The second-order valence-corrected chi connectivity index (χ2v) is 7.24. The fraction of sp³-hybridized carbons (Fsp3) is 0.333. The maximum absolute atomic E-state index is 12.7. The number of nitrogens with one attached hydrogen (secondary N) is 2. The number of carbonyl (C=O) groups is 2. The Kier molecular flexibility index (Phi) is 8.07. The molecule has 2 aromatic rings. The van der Waals surface area contributed by atoms with E-state index in [-0.39, 0.29) is 17.6 Å². The summed E-state index contributed by atoms with van der Waals surface area (Å²) in [6, 6.07) is 8.64. The zero-order valence-electron chi connectivity index (χ0n) is 16.6. The molecule has 2 amide bonds. The quantitative estimate of drug-likeness (QED) is 0.625. The van der Waals surface area contributed by atoms with Crippen LogP contribution in [0.4, 0.5) is 0 Å². The zero-order valence-corrected chi connectivity index (χ0v) is 17.4. The van der Waals surface area contributed by atoms with Crippen LogP contribution in [0.1, 0.15) is 41.9 Å². The number of methoxy groups -OCH3 is 2. The summed E-state index contributed by atoms with van der Waals surface area (Å²) in [6.45, 7) is 4.00. The molecule has 0 aliphatic heterocycles. The minimum Gasteiger partial charge on any atom is -0.493 e. The Morgan fingerprint density at radius 2 is 1.93 bits per heavy atom. The van der Waals surface area contributed by atoms with E-state index in [2.05, 4.69) is 17.6 Å². The highest BCUT2D eigenvalue weighted by Crippen LogP contribution is 2.27. The van der Waals surface area contributed by atoms with Gasteiger partial charge >= 0.3 is 0 Å². The van der Waals surface area contributed by atoms with Crippen LogP contribution in [0, 0.1) is 0 Å². The first-order valence-electron chi connectivity index (χ1n) is 9.07. The van der Waals surface area contributed by atoms with Crippen molar-refractivity contribution >= 4 is 29.2 Å². The highest BCUT2D eigenvalue weighted by molar-refractivity contribution is 7.10. The van der Waals surface area contributed by atoms with E-state index < -0.39 is 5.91 Å². The lowest BCUT2D eigenvalue weighted by Crippen LogP contribution is -2.39. The van der Waals surface area contributed by atoms with E-state index >= 15 is 0 Å². The van der Waals surface area contributed by atoms with Gasteiger partial charge in [-0.3, -0.25) is 9.59 Å². The molecule has 28 heavy (non-hydrogen) atoms. The van der Waals surface area contributed by atoms with Crippen molar-refractivity contribution in [2.45, 2.75) is 32.7 Å². The van der Waals surface area contributed by atoms with Gasteiger partial charge in [0.15, 0.2) is 11.5 Å². The van der Waals surface area contributed by atoms with Gasteiger partial charge in [-0.05, 0) is 49.1 Å². The number of amides is 2. The van der Waals surface area contributed by atoms with E-state index in [0.717, 1.165) is 17.7 Å². The van der Waals surface area contributed by atoms with Crippen LogP contribution in [0.25, 0.3) is 6.08 Å². The summed E-state index contributed by atoms with van der Waals surface area (Å²) in [5.74, 6) is 0.254. The third-order valence-corrected chi connectivity index (χ3v) is 4.89. The lowest BCUT2D eigenvalue weighted by atomic mass is 10.1. The van der Waals surface area contributed by atoms with Gasteiger partial charge in [0.25, 0.3) is 11.8 Å². The van der Waals surface area contributed by atoms with Crippen LogP contribution in [0.3, 0.4) is 0 Å². The van der Waals surface area contributed by atoms with Crippen molar-refractivity contribution in [1.82, 2.24) is 10.6 Å². The smallest absolute Gasteiger partial charge is 0.268 e. The van der Waals surface area contributed by atoms with Crippen LogP contribution < -0.4 is 20.1 Å². The molecule has 0 spiro atoms.